The summed E-state index contributed by atoms with van der Waals surface area (Å²) in [5.41, 5.74) is 0.823. The molecule has 2 aromatic carbocycles. The predicted octanol–water partition coefficient (Wildman–Crippen LogP) is 3.81. The minimum atomic E-state index is -3.85. The van der Waals surface area contributed by atoms with Gasteiger partial charge in [-0.15, -0.1) is 11.8 Å². The van der Waals surface area contributed by atoms with Crippen LogP contribution in [0.25, 0.3) is 0 Å². The summed E-state index contributed by atoms with van der Waals surface area (Å²) < 4.78 is 28.1. The number of anilines is 2. The first-order chi connectivity index (χ1) is 14.8. The zero-order valence-electron chi connectivity index (χ0n) is 16.6. The maximum absolute atomic E-state index is 12.8. The van der Waals surface area contributed by atoms with E-state index in [0.29, 0.717) is 22.2 Å². The summed E-state index contributed by atoms with van der Waals surface area (Å²) >= 11 is 7.29. The van der Waals surface area contributed by atoms with Crippen LogP contribution in [0.1, 0.15) is 19.3 Å². The molecule has 10 heteroatoms. The van der Waals surface area contributed by atoms with Gasteiger partial charge in [0.15, 0.2) is 0 Å². The van der Waals surface area contributed by atoms with Crippen LogP contribution in [0.15, 0.2) is 52.3 Å². The SMILES string of the molecule is O=C1Nc2cc(S(=O)(=O)Nc3ccc(Cl)cc3)ccc2SCC1CC(=O)N1CCCC1. The molecule has 2 aliphatic heterocycles. The Morgan fingerprint density at radius 2 is 1.87 bits per heavy atom. The standard InChI is InChI=1S/C21H22ClN3O4S2/c22-15-3-5-16(6-4-15)24-31(28,29)17-7-8-19-18(12-17)23-21(27)14(13-30-19)11-20(26)25-9-1-2-10-25/h3-8,12,14,24H,1-2,9-11,13H2,(H,23,27). The number of rotatable bonds is 5. The second-order valence-corrected chi connectivity index (χ2v) is 10.7. The molecule has 0 saturated carbocycles. The van der Waals surface area contributed by atoms with Crippen molar-refractivity contribution in [3.05, 3.63) is 47.5 Å². The van der Waals surface area contributed by atoms with E-state index >= 15 is 0 Å². The minimum absolute atomic E-state index is 0.000336. The smallest absolute Gasteiger partial charge is 0.261 e. The molecule has 1 unspecified atom stereocenters. The third-order valence-electron chi connectivity index (χ3n) is 5.31. The maximum Gasteiger partial charge on any atom is 0.261 e. The third-order valence-corrected chi connectivity index (χ3v) is 8.17. The first-order valence-electron chi connectivity index (χ1n) is 9.96. The lowest BCUT2D eigenvalue weighted by atomic mass is 10.1. The van der Waals surface area contributed by atoms with Gasteiger partial charge in [0, 0.05) is 40.9 Å². The van der Waals surface area contributed by atoms with Gasteiger partial charge >= 0.3 is 0 Å². The van der Waals surface area contributed by atoms with E-state index in [9.17, 15) is 18.0 Å². The highest BCUT2D eigenvalue weighted by Crippen LogP contribution is 2.35. The molecule has 1 saturated heterocycles. The number of carbonyl (C=O) groups is 2. The van der Waals surface area contributed by atoms with Crippen molar-refractivity contribution in [3.63, 3.8) is 0 Å². The molecule has 2 amide bonds. The van der Waals surface area contributed by atoms with Crippen molar-refractivity contribution in [2.24, 2.45) is 5.92 Å². The van der Waals surface area contributed by atoms with Gasteiger partial charge in [-0.25, -0.2) is 8.42 Å². The first kappa shape index (κ1) is 22.0. The van der Waals surface area contributed by atoms with E-state index in [-0.39, 0.29) is 23.1 Å². The number of nitrogens with zero attached hydrogens (tertiary/aromatic N) is 1. The lowest BCUT2D eigenvalue weighted by Crippen LogP contribution is -2.33. The van der Waals surface area contributed by atoms with E-state index in [1.54, 1.807) is 30.3 Å². The number of halogens is 1. The molecule has 0 spiro atoms. The minimum Gasteiger partial charge on any atom is -0.343 e. The van der Waals surface area contributed by atoms with E-state index in [0.717, 1.165) is 30.8 Å². The Morgan fingerprint density at radius 1 is 1.16 bits per heavy atom. The summed E-state index contributed by atoms with van der Waals surface area (Å²) in [6, 6.07) is 11.0. The molecule has 2 aromatic rings. The lowest BCUT2D eigenvalue weighted by molar-refractivity contribution is -0.133. The fraction of sp³-hybridized carbons (Fsp3) is 0.333. The van der Waals surface area contributed by atoms with Gasteiger partial charge in [-0.2, -0.15) is 0 Å². The molecule has 1 fully saturated rings. The van der Waals surface area contributed by atoms with Gasteiger partial charge in [0.2, 0.25) is 11.8 Å². The number of nitrogens with one attached hydrogen (secondary N) is 2. The van der Waals surface area contributed by atoms with E-state index in [1.165, 1.54) is 23.9 Å². The molecule has 0 aromatic heterocycles. The van der Waals surface area contributed by atoms with Crippen LogP contribution in [0.4, 0.5) is 11.4 Å². The Bertz CT molecular complexity index is 1100. The van der Waals surface area contributed by atoms with Crippen molar-refractivity contribution in [1.82, 2.24) is 4.90 Å². The number of thioether (sulfide) groups is 1. The Balaban J connectivity index is 1.49. The molecule has 0 bridgehead atoms. The number of likely N-dealkylation sites (tertiary alicyclic amines) is 1. The molecule has 1 atom stereocenters. The molecule has 31 heavy (non-hydrogen) atoms. The lowest BCUT2D eigenvalue weighted by Gasteiger charge is -2.18. The number of fused-ring (bicyclic) bond motifs is 1. The summed E-state index contributed by atoms with van der Waals surface area (Å²) in [4.78, 5) is 27.8. The zero-order chi connectivity index (χ0) is 22.0. The van der Waals surface area contributed by atoms with Crippen molar-refractivity contribution < 1.29 is 18.0 Å². The molecule has 2 heterocycles. The van der Waals surface area contributed by atoms with Gasteiger partial charge in [-0.05, 0) is 55.3 Å². The molecular formula is C21H22ClN3O4S2. The second-order valence-electron chi connectivity index (χ2n) is 7.56. The fourth-order valence-electron chi connectivity index (χ4n) is 3.59. The molecule has 0 radical (unpaired) electrons. The Morgan fingerprint density at radius 3 is 2.58 bits per heavy atom. The number of hydrogen-bond acceptors (Lipinski definition) is 5. The molecular weight excluding hydrogens is 458 g/mol. The molecule has 2 aliphatic rings. The summed E-state index contributed by atoms with van der Waals surface area (Å²) in [5, 5.41) is 3.32. The van der Waals surface area contributed by atoms with Crippen molar-refractivity contribution in [2.75, 3.05) is 28.9 Å². The normalized spacial score (nSPS) is 18.8. The van der Waals surface area contributed by atoms with E-state index in [2.05, 4.69) is 10.0 Å². The zero-order valence-corrected chi connectivity index (χ0v) is 19.0. The summed E-state index contributed by atoms with van der Waals surface area (Å²) in [7, 11) is -3.85. The predicted molar refractivity (Wildman–Crippen MR) is 122 cm³/mol. The van der Waals surface area contributed by atoms with Gasteiger partial charge in [0.25, 0.3) is 10.0 Å². The van der Waals surface area contributed by atoms with Crippen LogP contribution in [-0.2, 0) is 19.6 Å². The summed E-state index contributed by atoms with van der Waals surface area (Å²) in [6.07, 6.45) is 2.17. The van der Waals surface area contributed by atoms with Crippen molar-refractivity contribution in [3.8, 4) is 0 Å². The summed E-state index contributed by atoms with van der Waals surface area (Å²) in [5.74, 6) is -0.260. The molecule has 7 nitrogen and oxygen atoms in total. The van der Waals surface area contributed by atoms with Crippen LogP contribution in [0, 0.1) is 5.92 Å². The highest BCUT2D eigenvalue weighted by molar-refractivity contribution is 7.99. The van der Waals surface area contributed by atoms with Crippen LogP contribution < -0.4 is 10.0 Å². The van der Waals surface area contributed by atoms with Gasteiger partial charge in [-0.3, -0.25) is 14.3 Å². The van der Waals surface area contributed by atoms with E-state index in [1.807, 2.05) is 4.90 Å². The molecule has 164 valence electrons. The van der Waals surface area contributed by atoms with Crippen LogP contribution in [0.3, 0.4) is 0 Å². The van der Waals surface area contributed by atoms with Gasteiger partial charge in [-0.1, -0.05) is 11.6 Å². The largest absolute Gasteiger partial charge is 0.343 e. The average Bonchev–Trinajstić information content (AvgIpc) is 3.23. The number of amides is 2. The van der Waals surface area contributed by atoms with Crippen LogP contribution in [0.2, 0.25) is 5.02 Å². The average molecular weight is 480 g/mol. The van der Waals surface area contributed by atoms with Gasteiger partial charge in [0.1, 0.15) is 0 Å². The third kappa shape index (κ3) is 5.16. The topological polar surface area (TPSA) is 95.6 Å². The van der Waals surface area contributed by atoms with Crippen LogP contribution in [0.5, 0.6) is 0 Å². The van der Waals surface area contributed by atoms with Crippen molar-refractivity contribution >= 4 is 56.6 Å². The number of carbonyl (C=O) groups excluding carboxylic acids is 2. The monoisotopic (exact) mass is 479 g/mol. The van der Waals surface area contributed by atoms with Crippen molar-refractivity contribution in [2.45, 2.75) is 29.1 Å². The number of hydrogen-bond donors (Lipinski definition) is 2. The van der Waals surface area contributed by atoms with E-state index < -0.39 is 15.9 Å². The van der Waals surface area contributed by atoms with Gasteiger partial charge in [0.05, 0.1) is 16.5 Å². The highest BCUT2D eigenvalue weighted by Gasteiger charge is 2.30. The van der Waals surface area contributed by atoms with Crippen molar-refractivity contribution in [1.29, 1.82) is 0 Å². The highest BCUT2D eigenvalue weighted by atomic mass is 35.5. The quantitative estimate of drug-likeness (QED) is 0.679. The number of sulfonamides is 1. The van der Waals surface area contributed by atoms with Gasteiger partial charge < -0.3 is 10.2 Å². The maximum atomic E-state index is 12.8. The number of benzene rings is 2. The summed E-state index contributed by atoms with van der Waals surface area (Å²) in [6.45, 7) is 1.50. The second kappa shape index (κ2) is 9.10. The Hall–Kier alpha value is -2.23. The Kier molecular flexibility index (Phi) is 6.45. The van der Waals surface area contributed by atoms with Crippen LogP contribution >= 0.6 is 23.4 Å². The fourth-order valence-corrected chi connectivity index (χ4v) is 5.88. The molecule has 4 rings (SSSR count). The van der Waals surface area contributed by atoms with Crippen LogP contribution in [-0.4, -0.2) is 44.0 Å². The first-order valence-corrected chi connectivity index (χ1v) is 12.8. The molecule has 2 N–H and O–H groups in total. The van der Waals surface area contributed by atoms with E-state index in [4.69, 9.17) is 11.6 Å². The molecule has 0 aliphatic carbocycles. The Labute approximate surface area is 190 Å².